The number of hydrogen-bond donors (Lipinski definition) is 1. The number of piperidine rings is 1. The Morgan fingerprint density at radius 3 is 2.33 bits per heavy atom. The summed E-state index contributed by atoms with van der Waals surface area (Å²) in [4.78, 5) is 15.5. The van der Waals surface area contributed by atoms with Crippen molar-refractivity contribution in [2.24, 2.45) is 0 Å². The Labute approximate surface area is 100 Å². The first-order valence-corrected chi connectivity index (χ1v) is 5.46. The molecule has 0 unspecified atom stereocenters. The van der Waals surface area contributed by atoms with E-state index < -0.39 is 23.6 Å². The summed E-state index contributed by atoms with van der Waals surface area (Å²) < 4.78 is 42.5. The smallest absolute Gasteiger partial charge is 0.437 e. The maximum atomic E-state index is 12.6. The summed E-state index contributed by atoms with van der Waals surface area (Å²) >= 11 is 0. The van der Waals surface area contributed by atoms with Crippen LogP contribution in [0.5, 0.6) is 0 Å². The van der Waals surface area contributed by atoms with E-state index >= 15 is 0 Å². The van der Waals surface area contributed by atoms with Gasteiger partial charge in [-0.25, -0.2) is 4.79 Å². The molecular formula is C10H11F3N2O3. The number of rotatable bonds is 2. The van der Waals surface area contributed by atoms with Gasteiger partial charge in [-0.15, -0.1) is 0 Å². The summed E-state index contributed by atoms with van der Waals surface area (Å²) in [6.45, 7) is 1.05. The second-order valence-corrected chi connectivity index (χ2v) is 4.02. The number of halogens is 3. The van der Waals surface area contributed by atoms with Crippen molar-refractivity contribution in [2.75, 3.05) is 18.0 Å². The number of carboxylic acids is 1. The van der Waals surface area contributed by atoms with Crippen LogP contribution in [-0.2, 0) is 6.18 Å². The van der Waals surface area contributed by atoms with Crippen LogP contribution in [0.1, 0.15) is 35.5 Å². The number of aromatic carboxylic acids is 1. The Kier molecular flexibility index (Phi) is 3.18. The lowest BCUT2D eigenvalue weighted by atomic mass is 10.1. The predicted octanol–water partition coefficient (Wildman–Crippen LogP) is 2.38. The lowest BCUT2D eigenvalue weighted by Gasteiger charge is -2.24. The fourth-order valence-electron chi connectivity index (χ4n) is 1.87. The molecule has 1 aliphatic heterocycles. The summed E-state index contributed by atoms with van der Waals surface area (Å²) in [5.74, 6) is -2.92. The van der Waals surface area contributed by atoms with Crippen molar-refractivity contribution in [2.45, 2.75) is 25.4 Å². The van der Waals surface area contributed by atoms with Gasteiger partial charge in [-0.1, -0.05) is 0 Å². The Hall–Kier alpha value is -1.73. The van der Waals surface area contributed by atoms with Crippen molar-refractivity contribution < 1.29 is 27.5 Å². The first kappa shape index (κ1) is 12.7. The Morgan fingerprint density at radius 2 is 1.89 bits per heavy atom. The van der Waals surface area contributed by atoms with Crippen molar-refractivity contribution in [1.29, 1.82) is 0 Å². The van der Waals surface area contributed by atoms with Gasteiger partial charge in [-0.05, 0) is 19.3 Å². The number of carboxylic acid groups (broad SMARTS) is 1. The van der Waals surface area contributed by atoms with E-state index in [9.17, 15) is 18.0 Å². The van der Waals surface area contributed by atoms with Gasteiger partial charge in [-0.3, -0.25) is 0 Å². The lowest BCUT2D eigenvalue weighted by Crippen LogP contribution is -2.29. The van der Waals surface area contributed by atoms with Crippen molar-refractivity contribution in [3.63, 3.8) is 0 Å². The molecule has 2 rings (SSSR count). The van der Waals surface area contributed by atoms with Crippen LogP contribution in [0.25, 0.3) is 0 Å². The number of carbonyl (C=O) groups is 1. The van der Waals surface area contributed by atoms with Gasteiger partial charge < -0.3 is 14.4 Å². The molecule has 1 aliphatic rings. The number of anilines is 1. The van der Waals surface area contributed by atoms with E-state index in [0.717, 1.165) is 19.3 Å². The normalized spacial score (nSPS) is 16.9. The summed E-state index contributed by atoms with van der Waals surface area (Å²) in [5, 5.41) is 8.69. The zero-order chi connectivity index (χ0) is 13.3. The molecule has 2 heterocycles. The van der Waals surface area contributed by atoms with Gasteiger partial charge in [0.25, 0.3) is 6.01 Å². The van der Waals surface area contributed by atoms with E-state index in [4.69, 9.17) is 9.52 Å². The van der Waals surface area contributed by atoms with Gasteiger partial charge in [0.1, 0.15) is 0 Å². The molecule has 0 atom stereocenters. The SMILES string of the molecule is O=C(O)c1oc(N2CCCCC2)nc1C(F)(F)F. The molecule has 0 amide bonds. The van der Waals surface area contributed by atoms with Gasteiger partial charge in [0.2, 0.25) is 5.76 Å². The topological polar surface area (TPSA) is 66.6 Å². The molecule has 0 aliphatic carbocycles. The number of aromatic nitrogens is 1. The third-order valence-electron chi connectivity index (χ3n) is 2.71. The van der Waals surface area contributed by atoms with E-state index in [1.165, 1.54) is 4.90 Å². The van der Waals surface area contributed by atoms with E-state index in [0.29, 0.717) is 13.1 Å². The average molecular weight is 264 g/mol. The molecule has 1 aromatic heterocycles. The van der Waals surface area contributed by atoms with E-state index in [1.807, 2.05) is 0 Å². The number of alkyl halides is 3. The first-order valence-electron chi connectivity index (χ1n) is 5.46. The maximum absolute atomic E-state index is 12.6. The highest BCUT2D eigenvalue weighted by molar-refractivity contribution is 5.86. The fraction of sp³-hybridized carbons (Fsp3) is 0.600. The summed E-state index contributed by atoms with van der Waals surface area (Å²) in [7, 11) is 0. The van der Waals surface area contributed by atoms with Gasteiger partial charge in [0.15, 0.2) is 5.69 Å². The molecule has 1 fully saturated rings. The molecule has 0 aromatic carbocycles. The molecule has 100 valence electrons. The molecule has 18 heavy (non-hydrogen) atoms. The standard InChI is InChI=1S/C10H11F3N2O3/c11-10(12,13)7-6(8(16)17)18-9(14-7)15-4-2-1-3-5-15/h1-5H2,(H,16,17). The second-order valence-electron chi connectivity index (χ2n) is 4.02. The van der Waals surface area contributed by atoms with Crippen molar-refractivity contribution in [3.8, 4) is 0 Å². The number of nitrogens with zero attached hydrogens (tertiary/aromatic N) is 2. The summed E-state index contributed by atoms with van der Waals surface area (Å²) in [5.41, 5.74) is -1.48. The molecular weight excluding hydrogens is 253 g/mol. The van der Waals surface area contributed by atoms with Gasteiger partial charge in [-0.2, -0.15) is 18.2 Å². The van der Waals surface area contributed by atoms with Crippen LogP contribution in [0.4, 0.5) is 19.2 Å². The van der Waals surface area contributed by atoms with Crippen LogP contribution in [0.15, 0.2) is 4.42 Å². The minimum absolute atomic E-state index is 0.264. The molecule has 1 N–H and O–H groups in total. The largest absolute Gasteiger partial charge is 0.475 e. The monoisotopic (exact) mass is 264 g/mol. The van der Waals surface area contributed by atoms with E-state index in [-0.39, 0.29) is 6.01 Å². The number of oxazole rings is 1. The minimum atomic E-state index is -4.83. The Balaban J connectivity index is 2.35. The molecule has 0 saturated carbocycles. The second kappa shape index (κ2) is 4.51. The van der Waals surface area contributed by atoms with Crippen LogP contribution in [-0.4, -0.2) is 29.1 Å². The minimum Gasteiger partial charge on any atom is -0.475 e. The van der Waals surface area contributed by atoms with E-state index in [2.05, 4.69) is 4.98 Å². The third-order valence-corrected chi connectivity index (χ3v) is 2.71. The molecule has 5 nitrogen and oxygen atoms in total. The number of hydrogen-bond acceptors (Lipinski definition) is 4. The van der Waals surface area contributed by atoms with Crippen LogP contribution in [0.2, 0.25) is 0 Å². The fourth-order valence-corrected chi connectivity index (χ4v) is 1.87. The van der Waals surface area contributed by atoms with Crippen LogP contribution >= 0.6 is 0 Å². The van der Waals surface area contributed by atoms with Crippen molar-refractivity contribution in [3.05, 3.63) is 11.5 Å². The lowest BCUT2D eigenvalue weighted by molar-refractivity contribution is -0.141. The molecule has 0 spiro atoms. The van der Waals surface area contributed by atoms with Gasteiger partial charge in [0.05, 0.1) is 0 Å². The molecule has 8 heteroatoms. The highest BCUT2D eigenvalue weighted by atomic mass is 19.4. The maximum Gasteiger partial charge on any atom is 0.437 e. The zero-order valence-electron chi connectivity index (χ0n) is 9.33. The Bertz CT molecular complexity index is 450. The molecule has 1 aromatic rings. The zero-order valence-corrected chi connectivity index (χ0v) is 9.33. The van der Waals surface area contributed by atoms with Crippen LogP contribution < -0.4 is 4.90 Å². The van der Waals surface area contributed by atoms with E-state index in [1.54, 1.807) is 0 Å². The van der Waals surface area contributed by atoms with Crippen molar-refractivity contribution in [1.82, 2.24) is 4.98 Å². The third kappa shape index (κ3) is 2.41. The van der Waals surface area contributed by atoms with Crippen LogP contribution in [0.3, 0.4) is 0 Å². The predicted molar refractivity (Wildman–Crippen MR) is 54.5 cm³/mol. The summed E-state index contributed by atoms with van der Waals surface area (Å²) in [6.07, 6.45) is -2.18. The molecule has 0 radical (unpaired) electrons. The van der Waals surface area contributed by atoms with Gasteiger partial charge in [0, 0.05) is 13.1 Å². The molecule has 0 bridgehead atoms. The quantitative estimate of drug-likeness (QED) is 0.888. The van der Waals surface area contributed by atoms with Crippen LogP contribution in [0, 0.1) is 0 Å². The Morgan fingerprint density at radius 1 is 1.28 bits per heavy atom. The summed E-state index contributed by atoms with van der Waals surface area (Å²) in [6, 6.07) is -0.264. The first-order chi connectivity index (χ1) is 8.39. The average Bonchev–Trinajstić information content (AvgIpc) is 2.74. The van der Waals surface area contributed by atoms with Crippen molar-refractivity contribution >= 4 is 12.0 Å². The highest BCUT2D eigenvalue weighted by Crippen LogP contribution is 2.34. The molecule has 1 saturated heterocycles. The highest BCUT2D eigenvalue weighted by Gasteiger charge is 2.42. The van der Waals surface area contributed by atoms with Gasteiger partial charge >= 0.3 is 12.1 Å².